The molecule has 0 saturated carbocycles. The number of oxazole rings is 1. The summed E-state index contributed by atoms with van der Waals surface area (Å²) in [5.41, 5.74) is 2.40. The molecule has 0 fully saturated rings. The maximum absolute atomic E-state index is 12.2. The Kier molecular flexibility index (Phi) is 5.45. The van der Waals surface area contributed by atoms with Crippen molar-refractivity contribution in [2.24, 2.45) is 0 Å². The SMILES string of the molecule is O=C(CCc1ncc(-c2ccc(Cl)cc2)o1)Nc1nc(-c2ccccn2)cs1. The lowest BCUT2D eigenvalue weighted by molar-refractivity contribution is -0.116. The highest BCUT2D eigenvalue weighted by Crippen LogP contribution is 2.24. The van der Waals surface area contributed by atoms with Crippen LogP contribution in [0.25, 0.3) is 22.7 Å². The third-order valence-electron chi connectivity index (χ3n) is 3.93. The molecular weight excluding hydrogens is 396 g/mol. The average Bonchev–Trinajstić information content (AvgIpc) is 3.37. The van der Waals surface area contributed by atoms with E-state index < -0.39 is 0 Å². The van der Waals surface area contributed by atoms with Crippen LogP contribution in [-0.2, 0) is 11.2 Å². The van der Waals surface area contributed by atoms with Crippen LogP contribution in [0.15, 0.2) is 64.7 Å². The first-order valence-electron chi connectivity index (χ1n) is 8.55. The van der Waals surface area contributed by atoms with Crippen LogP contribution in [0.4, 0.5) is 5.13 Å². The van der Waals surface area contributed by atoms with Gasteiger partial charge in [-0.05, 0) is 36.4 Å². The van der Waals surface area contributed by atoms with Crippen LogP contribution in [-0.4, -0.2) is 20.9 Å². The standard InChI is InChI=1S/C20H15ClN4O2S/c21-14-6-4-13(5-7-14)17-11-23-19(27-17)9-8-18(26)25-20-24-16(12-28-20)15-3-1-2-10-22-15/h1-7,10-12H,8-9H2,(H,24,25,26). The third-order valence-corrected chi connectivity index (χ3v) is 4.94. The van der Waals surface area contributed by atoms with Gasteiger partial charge in [-0.3, -0.25) is 9.78 Å². The molecule has 3 aromatic heterocycles. The summed E-state index contributed by atoms with van der Waals surface area (Å²) in [6, 6.07) is 12.9. The van der Waals surface area contributed by atoms with E-state index in [4.69, 9.17) is 16.0 Å². The van der Waals surface area contributed by atoms with Crippen molar-refractivity contribution >= 4 is 34.0 Å². The minimum absolute atomic E-state index is 0.145. The van der Waals surface area contributed by atoms with Gasteiger partial charge in [0.05, 0.1) is 11.9 Å². The van der Waals surface area contributed by atoms with Gasteiger partial charge in [-0.25, -0.2) is 9.97 Å². The molecule has 140 valence electrons. The molecule has 0 aliphatic heterocycles. The number of nitrogens with zero attached hydrogens (tertiary/aromatic N) is 3. The largest absolute Gasteiger partial charge is 0.441 e. The molecule has 1 amide bonds. The summed E-state index contributed by atoms with van der Waals surface area (Å²) in [5, 5.41) is 5.87. The Hall–Kier alpha value is -3.03. The van der Waals surface area contributed by atoms with Crippen molar-refractivity contribution in [2.75, 3.05) is 5.32 Å². The lowest BCUT2D eigenvalue weighted by Gasteiger charge is -2.00. The van der Waals surface area contributed by atoms with Gasteiger partial charge < -0.3 is 9.73 Å². The molecule has 3 heterocycles. The monoisotopic (exact) mass is 410 g/mol. The van der Waals surface area contributed by atoms with Crippen LogP contribution in [0.5, 0.6) is 0 Å². The van der Waals surface area contributed by atoms with Gasteiger partial charge in [0.1, 0.15) is 5.69 Å². The number of carbonyl (C=O) groups is 1. The van der Waals surface area contributed by atoms with E-state index in [0.29, 0.717) is 28.2 Å². The van der Waals surface area contributed by atoms with Gasteiger partial charge in [-0.1, -0.05) is 17.7 Å². The molecule has 0 unspecified atom stereocenters. The molecule has 8 heteroatoms. The molecule has 0 aliphatic rings. The number of nitrogens with one attached hydrogen (secondary N) is 1. The first kappa shape index (κ1) is 18.3. The third kappa shape index (κ3) is 4.44. The summed E-state index contributed by atoms with van der Waals surface area (Å²) in [4.78, 5) is 25.1. The highest BCUT2D eigenvalue weighted by Gasteiger charge is 2.11. The van der Waals surface area contributed by atoms with E-state index in [9.17, 15) is 4.79 Å². The zero-order chi connectivity index (χ0) is 19.3. The first-order valence-corrected chi connectivity index (χ1v) is 9.80. The van der Waals surface area contributed by atoms with E-state index in [-0.39, 0.29) is 12.3 Å². The van der Waals surface area contributed by atoms with Crippen LogP contribution in [0.2, 0.25) is 5.02 Å². The van der Waals surface area contributed by atoms with Crippen molar-refractivity contribution in [3.63, 3.8) is 0 Å². The zero-order valence-electron chi connectivity index (χ0n) is 14.6. The van der Waals surface area contributed by atoms with E-state index in [0.717, 1.165) is 17.0 Å². The van der Waals surface area contributed by atoms with Crippen molar-refractivity contribution in [2.45, 2.75) is 12.8 Å². The number of amides is 1. The molecule has 1 aromatic carbocycles. The van der Waals surface area contributed by atoms with Crippen molar-refractivity contribution in [1.29, 1.82) is 0 Å². The molecular formula is C20H15ClN4O2S. The molecule has 4 aromatic rings. The predicted octanol–water partition coefficient (Wildman–Crippen LogP) is 5.08. The second-order valence-electron chi connectivity index (χ2n) is 5.93. The molecule has 0 saturated heterocycles. The van der Waals surface area contributed by atoms with Crippen LogP contribution < -0.4 is 5.32 Å². The summed E-state index contributed by atoms with van der Waals surface area (Å²) in [6.07, 6.45) is 4.01. The molecule has 0 spiro atoms. The Bertz CT molecular complexity index is 1080. The van der Waals surface area contributed by atoms with Gasteiger partial charge in [0, 0.05) is 35.0 Å². The number of anilines is 1. The Balaban J connectivity index is 1.33. The summed E-state index contributed by atoms with van der Waals surface area (Å²) < 4.78 is 5.72. The fourth-order valence-electron chi connectivity index (χ4n) is 2.54. The van der Waals surface area contributed by atoms with Crippen LogP contribution in [0.3, 0.4) is 0 Å². The number of thiazole rings is 1. The Morgan fingerprint density at radius 2 is 1.96 bits per heavy atom. The Labute approximate surface area is 170 Å². The number of benzene rings is 1. The topological polar surface area (TPSA) is 80.9 Å². The number of aryl methyl sites for hydroxylation is 1. The summed E-state index contributed by atoms with van der Waals surface area (Å²) >= 11 is 7.26. The minimum Gasteiger partial charge on any atom is -0.441 e. The molecule has 6 nitrogen and oxygen atoms in total. The van der Waals surface area contributed by atoms with Gasteiger partial charge in [0.2, 0.25) is 5.91 Å². The quantitative estimate of drug-likeness (QED) is 0.479. The smallest absolute Gasteiger partial charge is 0.226 e. The molecule has 4 rings (SSSR count). The minimum atomic E-state index is -0.145. The number of pyridine rings is 1. The molecule has 0 radical (unpaired) electrons. The zero-order valence-corrected chi connectivity index (χ0v) is 16.2. The second-order valence-corrected chi connectivity index (χ2v) is 7.22. The van der Waals surface area contributed by atoms with Crippen LogP contribution >= 0.6 is 22.9 Å². The van der Waals surface area contributed by atoms with Crippen LogP contribution in [0.1, 0.15) is 12.3 Å². The fraction of sp³-hybridized carbons (Fsp3) is 0.100. The van der Waals surface area contributed by atoms with E-state index >= 15 is 0 Å². The molecule has 0 aliphatic carbocycles. The fourth-order valence-corrected chi connectivity index (χ4v) is 3.39. The first-order chi connectivity index (χ1) is 13.7. The Morgan fingerprint density at radius 1 is 1.11 bits per heavy atom. The number of rotatable bonds is 6. The predicted molar refractivity (Wildman–Crippen MR) is 109 cm³/mol. The van der Waals surface area contributed by atoms with E-state index in [1.54, 1.807) is 24.5 Å². The second kappa shape index (κ2) is 8.33. The summed E-state index contributed by atoms with van der Waals surface area (Å²) in [6.45, 7) is 0. The molecule has 0 atom stereocenters. The molecule has 28 heavy (non-hydrogen) atoms. The molecule has 0 bridgehead atoms. The van der Waals surface area contributed by atoms with Crippen LogP contribution in [0, 0.1) is 0 Å². The summed E-state index contributed by atoms with van der Waals surface area (Å²) in [7, 11) is 0. The number of aromatic nitrogens is 3. The lowest BCUT2D eigenvalue weighted by atomic mass is 10.2. The summed E-state index contributed by atoms with van der Waals surface area (Å²) in [5.74, 6) is 1.01. The number of carbonyl (C=O) groups excluding carboxylic acids is 1. The maximum atomic E-state index is 12.2. The van der Waals surface area contributed by atoms with E-state index in [1.165, 1.54) is 11.3 Å². The number of hydrogen-bond acceptors (Lipinski definition) is 6. The van der Waals surface area contributed by atoms with E-state index in [1.807, 2.05) is 35.7 Å². The van der Waals surface area contributed by atoms with Gasteiger partial charge in [-0.2, -0.15) is 0 Å². The lowest BCUT2D eigenvalue weighted by Crippen LogP contribution is -2.12. The normalized spacial score (nSPS) is 10.8. The van der Waals surface area contributed by atoms with Gasteiger partial charge in [0.15, 0.2) is 16.8 Å². The van der Waals surface area contributed by atoms with Crippen molar-refractivity contribution in [3.05, 3.63) is 71.2 Å². The van der Waals surface area contributed by atoms with Gasteiger partial charge in [-0.15, -0.1) is 11.3 Å². The highest BCUT2D eigenvalue weighted by molar-refractivity contribution is 7.14. The van der Waals surface area contributed by atoms with Crippen molar-refractivity contribution < 1.29 is 9.21 Å². The van der Waals surface area contributed by atoms with E-state index in [2.05, 4.69) is 20.3 Å². The Morgan fingerprint density at radius 3 is 2.75 bits per heavy atom. The highest BCUT2D eigenvalue weighted by atomic mass is 35.5. The number of halogens is 1. The maximum Gasteiger partial charge on any atom is 0.226 e. The van der Waals surface area contributed by atoms with Gasteiger partial charge in [0.25, 0.3) is 0 Å². The van der Waals surface area contributed by atoms with Gasteiger partial charge >= 0.3 is 0 Å². The molecule has 1 N–H and O–H groups in total. The average molecular weight is 411 g/mol. The van der Waals surface area contributed by atoms with Crippen molar-refractivity contribution in [3.8, 4) is 22.7 Å². The number of hydrogen-bond donors (Lipinski definition) is 1. The van der Waals surface area contributed by atoms with Crippen molar-refractivity contribution in [1.82, 2.24) is 15.0 Å².